The van der Waals surface area contributed by atoms with Gasteiger partial charge >= 0.3 is 0 Å². The molecular formula is C21H28N2O5S. The van der Waals surface area contributed by atoms with E-state index in [-0.39, 0.29) is 24.3 Å². The van der Waals surface area contributed by atoms with Crippen molar-refractivity contribution < 1.29 is 24.2 Å². The summed E-state index contributed by atoms with van der Waals surface area (Å²) >= 11 is 1.18. The summed E-state index contributed by atoms with van der Waals surface area (Å²) in [5.74, 6) is -0.523. The van der Waals surface area contributed by atoms with Crippen molar-refractivity contribution in [2.24, 2.45) is 0 Å². The molecule has 1 aliphatic rings. The summed E-state index contributed by atoms with van der Waals surface area (Å²) in [4.78, 5) is 38.6. The number of anilines is 1. The number of unbranched alkanes of at least 4 members (excludes halogenated alkanes) is 1. The van der Waals surface area contributed by atoms with Crippen molar-refractivity contribution in [2.75, 3.05) is 37.4 Å². The van der Waals surface area contributed by atoms with Crippen LogP contribution < -0.4 is 5.32 Å². The van der Waals surface area contributed by atoms with Gasteiger partial charge in [0.05, 0.1) is 17.1 Å². The van der Waals surface area contributed by atoms with Gasteiger partial charge in [0.2, 0.25) is 5.91 Å². The molecule has 0 bridgehead atoms. The zero-order valence-electron chi connectivity index (χ0n) is 16.9. The Labute approximate surface area is 175 Å². The molecule has 0 saturated carbocycles. The molecule has 158 valence electrons. The Morgan fingerprint density at radius 3 is 2.45 bits per heavy atom. The van der Waals surface area contributed by atoms with Crippen LogP contribution in [-0.4, -0.2) is 59.8 Å². The van der Waals surface area contributed by atoms with Crippen molar-refractivity contribution >= 4 is 40.7 Å². The molecule has 0 unspecified atom stereocenters. The number of nitrogens with one attached hydrogen (secondary N) is 1. The van der Waals surface area contributed by atoms with E-state index < -0.39 is 0 Å². The van der Waals surface area contributed by atoms with Gasteiger partial charge in [0.15, 0.2) is 0 Å². The number of hydrogen-bond donors (Lipinski definition) is 2. The summed E-state index contributed by atoms with van der Waals surface area (Å²) in [7, 11) is 0. The number of aliphatic hydroxyl groups excluding tert-OH is 1. The average Bonchev–Trinajstić information content (AvgIpc) is 2.93. The van der Waals surface area contributed by atoms with Crippen LogP contribution in [0.2, 0.25) is 0 Å². The normalized spacial score (nSPS) is 14.1. The second-order valence-corrected chi connectivity index (χ2v) is 7.72. The first-order valence-corrected chi connectivity index (χ1v) is 10.8. The maximum atomic E-state index is 13.0. The summed E-state index contributed by atoms with van der Waals surface area (Å²) in [6.07, 6.45) is 2.63. The summed E-state index contributed by atoms with van der Waals surface area (Å²) < 4.78 is 5.52. The first-order chi connectivity index (χ1) is 14.0. The van der Waals surface area contributed by atoms with E-state index in [1.54, 1.807) is 24.3 Å². The van der Waals surface area contributed by atoms with E-state index in [1.165, 1.54) is 23.6 Å². The lowest BCUT2D eigenvalue weighted by molar-refractivity contribution is -0.136. The van der Waals surface area contributed by atoms with E-state index in [9.17, 15) is 14.4 Å². The molecule has 2 rings (SSSR count). The molecule has 1 aromatic rings. The van der Waals surface area contributed by atoms with E-state index in [0.29, 0.717) is 53.7 Å². The molecule has 0 fully saturated rings. The summed E-state index contributed by atoms with van der Waals surface area (Å²) in [6, 6.07) is 6.81. The molecular weight excluding hydrogens is 392 g/mol. The van der Waals surface area contributed by atoms with Crippen LogP contribution in [0.25, 0.3) is 5.57 Å². The number of benzene rings is 1. The van der Waals surface area contributed by atoms with Crippen molar-refractivity contribution in [3.8, 4) is 0 Å². The number of thioether (sulfide) groups is 1. The minimum absolute atomic E-state index is 0.0876. The molecule has 0 aliphatic carbocycles. The molecule has 1 aromatic carbocycles. The predicted octanol–water partition coefficient (Wildman–Crippen LogP) is 2.66. The maximum absolute atomic E-state index is 13.0. The van der Waals surface area contributed by atoms with Crippen molar-refractivity contribution in [1.29, 1.82) is 0 Å². The lowest BCUT2D eigenvalue weighted by Gasteiger charge is -2.15. The second-order valence-electron chi connectivity index (χ2n) is 6.62. The SMILES string of the molecule is CCCCOCCCN1C(=O)C(SCCO)=C(c2ccc(NC(C)=O)cc2)C1=O. The molecule has 1 heterocycles. The fourth-order valence-corrected chi connectivity index (χ4v) is 3.77. The Balaban J connectivity index is 2.13. The molecule has 0 saturated heterocycles. The Hall–Kier alpha value is -2.16. The zero-order chi connectivity index (χ0) is 21.2. The largest absolute Gasteiger partial charge is 0.396 e. The molecule has 29 heavy (non-hydrogen) atoms. The van der Waals surface area contributed by atoms with Gasteiger partial charge in [0.25, 0.3) is 11.8 Å². The number of nitrogens with zero attached hydrogens (tertiary/aromatic N) is 1. The molecule has 0 atom stereocenters. The van der Waals surface area contributed by atoms with E-state index in [0.717, 1.165) is 12.8 Å². The van der Waals surface area contributed by atoms with Gasteiger partial charge in [-0.15, -0.1) is 11.8 Å². The molecule has 8 heteroatoms. The number of carbonyl (C=O) groups is 3. The third-order valence-corrected chi connectivity index (χ3v) is 5.32. The van der Waals surface area contributed by atoms with Crippen LogP contribution in [0.4, 0.5) is 5.69 Å². The average molecular weight is 421 g/mol. The highest BCUT2D eigenvalue weighted by Gasteiger charge is 2.38. The number of carbonyl (C=O) groups excluding carboxylic acids is 3. The lowest BCUT2D eigenvalue weighted by Crippen LogP contribution is -2.33. The van der Waals surface area contributed by atoms with Gasteiger partial charge in [-0.3, -0.25) is 19.3 Å². The van der Waals surface area contributed by atoms with Gasteiger partial charge in [0, 0.05) is 38.1 Å². The van der Waals surface area contributed by atoms with Gasteiger partial charge < -0.3 is 15.2 Å². The van der Waals surface area contributed by atoms with Crippen LogP contribution >= 0.6 is 11.8 Å². The first-order valence-electron chi connectivity index (χ1n) is 9.79. The lowest BCUT2D eigenvalue weighted by atomic mass is 10.1. The fourth-order valence-electron chi connectivity index (χ4n) is 2.89. The second kappa shape index (κ2) is 11.7. The molecule has 3 amide bonds. The number of hydrogen-bond acceptors (Lipinski definition) is 6. The first kappa shape index (κ1) is 23.1. The van der Waals surface area contributed by atoms with Gasteiger partial charge in [-0.25, -0.2) is 0 Å². The number of rotatable bonds is 12. The monoisotopic (exact) mass is 420 g/mol. The summed E-state index contributed by atoms with van der Waals surface area (Å²) in [5.41, 5.74) is 1.57. The van der Waals surface area contributed by atoms with Gasteiger partial charge in [-0.05, 0) is 30.5 Å². The van der Waals surface area contributed by atoms with Crippen LogP contribution in [0, 0.1) is 0 Å². The van der Waals surface area contributed by atoms with Crippen LogP contribution in [-0.2, 0) is 19.1 Å². The topological polar surface area (TPSA) is 95.9 Å². The Bertz CT molecular complexity index is 761. The number of imide groups is 1. The Morgan fingerprint density at radius 1 is 1.14 bits per heavy atom. The summed E-state index contributed by atoms with van der Waals surface area (Å²) in [5, 5.41) is 11.8. The third kappa shape index (κ3) is 6.42. The molecule has 0 aromatic heterocycles. The molecule has 0 spiro atoms. The molecule has 0 radical (unpaired) electrons. The standard InChI is InChI=1S/C21H28N2O5S/c1-3-4-12-28-13-5-10-23-20(26)18(19(21(23)27)29-14-11-24)16-6-8-17(9-7-16)22-15(2)25/h6-9,24H,3-5,10-14H2,1-2H3,(H,22,25). The zero-order valence-corrected chi connectivity index (χ0v) is 17.7. The van der Waals surface area contributed by atoms with E-state index in [1.807, 2.05) is 0 Å². The van der Waals surface area contributed by atoms with Crippen molar-refractivity contribution in [2.45, 2.75) is 33.1 Å². The van der Waals surface area contributed by atoms with Crippen LogP contribution in [0.5, 0.6) is 0 Å². The highest BCUT2D eigenvalue weighted by atomic mass is 32.2. The smallest absolute Gasteiger partial charge is 0.267 e. The number of ether oxygens (including phenoxy) is 1. The number of aliphatic hydroxyl groups is 1. The van der Waals surface area contributed by atoms with E-state index in [4.69, 9.17) is 9.84 Å². The minimum Gasteiger partial charge on any atom is -0.396 e. The van der Waals surface area contributed by atoms with Gasteiger partial charge in [0.1, 0.15) is 0 Å². The van der Waals surface area contributed by atoms with E-state index >= 15 is 0 Å². The highest BCUT2D eigenvalue weighted by molar-refractivity contribution is 8.04. The fraction of sp³-hybridized carbons (Fsp3) is 0.476. The quantitative estimate of drug-likeness (QED) is 0.399. The number of amides is 3. The van der Waals surface area contributed by atoms with Crippen molar-refractivity contribution in [3.63, 3.8) is 0 Å². The van der Waals surface area contributed by atoms with Crippen LogP contribution in [0.3, 0.4) is 0 Å². The van der Waals surface area contributed by atoms with Crippen molar-refractivity contribution in [1.82, 2.24) is 4.90 Å². The van der Waals surface area contributed by atoms with E-state index in [2.05, 4.69) is 12.2 Å². The Kier molecular flexibility index (Phi) is 9.37. The van der Waals surface area contributed by atoms with Gasteiger partial charge in [-0.2, -0.15) is 0 Å². The van der Waals surface area contributed by atoms with Crippen LogP contribution in [0.1, 0.15) is 38.7 Å². The maximum Gasteiger partial charge on any atom is 0.267 e. The van der Waals surface area contributed by atoms with Gasteiger partial charge in [-0.1, -0.05) is 25.5 Å². The van der Waals surface area contributed by atoms with Crippen molar-refractivity contribution in [3.05, 3.63) is 34.7 Å². The predicted molar refractivity (Wildman–Crippen MR) is 114 cm³/mol. The Morgan fingerprint density at radius 2 is 1.83 bits per heavy atom. The molecule has 1 aliphatic heterocycles. The highest BCUT2D eigenvalue weighted by Crippen LogP contribution is 2.36. The molecule has 7 nitrogen and oxygen atoms in total. The molecule has 2 N–H and O–H groups in total. The summed E-state index contributed by atoms with van der Waals surface area (Å²) in [6.45, 7) is 4.89. The van der Waals surface area contributed by atoms with Crippen LogP contribution in [0.15, 0.2) is 29.2 Å². The third-order valence-electron chi connectivity index (χ3n) is 4.27. The minimum atomic E-state index is -0.337.